The van der Waals surface area contributed by atoms with Crippen molar-refractivity contribution in [2.45, 2.75) is 0 Å². The molecule has 0 atom stereocenters. The summed E-state index contributed by atoms with van der Waals surface area (Å²) in [5.41, 5.74) is 0.497. The number of nitrogens with one attached hydrogen (secondary N) is 1. The van der Waals surface area contributed by atoms with Crippen LogP contribution in [0.2, 0.25) is 5.02 Å². The molecule has 0 fully saturated rings. The lowest BCUT2D eigenvalue weighted by atomic mass is 10.2. The van der Waals surface area contributed by atoms with Crippen molar-refractivity contribution in [3.05, 3.63) is 17.2 Å². The number of halogens is 1. The Morgan fingerprint density at radius 1 is 1.24 bits per heavy atom. The first-order valence-corrected chi connectivity index (χ1v) is 5.27. The fourth-order valence-corrected chi connectivity index (χ4v) is 1.43. The van der Waals surface area contributed by atoms with Crippen molar-refractivity contribution in [3.8, 4) is 11.5 Å². The van der Waals surface area contributed by atoms with E-state index < -0.39 is 0 Å². The lowest BCUT2D eigenvalue weighted by Gasteiger charge is -2.15. The number of ether oxygens (including phenoxy) is 2. The molecule has 6 heteroatoms. The number of hydrogen-bond acceptors (Lipinski definition) is 3. The fourth-order valence-electron chi connectivity index (χ4n) is 1.18. The van der Waals surface area contributed by atoms with E-state index in [2.05, 4.69) is 5.32 Å². The number of rotatable bonds is 3. The van der Waals surface area contributed by atoms with E-state index >= 15 is 0 Å². The first-order chi connectivity index (χ1) is 7.99. The molecule has 2 amide bonds. The van der Waals surface area contributed by atoms with Crippen LogP contribution in [0.15, 0.2) is 12.1 Å². The molecule has 1 N–H and O–H groups in total. The van der Waals surface area contributed by atoms with Gasteiger partial charge in [0, 0.05) is 20.2 Å². The van der Waals surface area contributed by atoms with Gasteiger partial charge in [0.15, 0.2) is 0 Å². The summed E-state index contributed by atoms with van der Waals surface area (Å²) in [6.07, 6.45) is 0. The van der Waals surface area contributed by atoms with E-state index in [1.807, 2.05) is 0 Å². The maximum Gasteiger partial charge on any atom is 0.321 e. The van der Waals surface area contributed by atoms with E-state index in [0.717, 1.165) is 0 Å². The normalized spacial score (nSPS) is 9.71. The number of carbonyl (C=O) groups excluding carboxylic acids is 1. The number of carbonyl (C=O) groups is 1. The molecule has 17 heavy (non-hydrogen) atoms. The van der Waals surface area contributed by atoms with E-state index in [1.54, 1.807) is 26.2 Å². The van der Waals surface area contributed by atoms with E-state index in [1.165, 1.54) is 19.1 Å². The van der Waals surface area contributed by atoms with Gasteiger partial charge in [-0.25, -0.2) is 4.79 Å². The third-order valence-electron chi connectivity index (χ3n) is 2.12. The molecule has 0 aromatic heterocycles. The van der Waals surface area contributed by atoms with Crippen molar-refractivity contribution >= 4 is 23.3 Å². The lowest BCUT2D eigenvalue weighted by Crippen LogP contribution is -2.27. The highest BCUT2D eigenvalue weighted by atomic mass is 35.5. The Morgan fingerprint density at radius 3 is 2.29 bits per heavy atom. The molecule has 94 valence electrons. The summed E-state index contributed by atoms with van der Waals surface area (Å²) < 4.78 is 10.2. The topological polar surface area (TPSA) is 50.8 Å². The van der Waals surface area contributed by atoms with E-state index in [4.69, 9.17) is 21.1 Å². The van der Waals surface area contributed by atoms with Crippen LogP contribution in [0.1, 0.15) is 0 Å². The van der Waals surface area contributed by atoms with Crippen LogP contribution in [0.4, 0.5) is 10.5 Å². The third-order valence-corrected chi connectivity index (χ3v) is 2.42. The van der Waals surface area contributed by atoms with E-state index in [0.29, 0.717) is 22.2 Å². The Balaban J connectivity index is 3.06. The number of nitrogens with zero attached hydrogens (tertiary/aromatic N) is 1. The molecular formula is C11H15ClN2O3. The highest BCUT2D eigenvalue weighted by Crippen LogP contribution is 2.35. The van der Waals surface area contributed by atoms with Gasteiger partial charge < -0.3 is 19.7 Å². The lowest BCUT2D eigenvalue weighted by molar-refractivity contribution is 0.230. The molecular weight excluding hydrogens is 244 g/mol. The van der Waals surface area contributed by atoms with E-state index in [9.17, 15) is 4.79 Å². The highest BCUT2D eigenvalue weighted by Gasteiger charge is 2.13. The molecule has 0 radical (unpaired) electrons. The van der Waals surface area contributed by atoms with Crippen LogP contribution in [0.3, 0.4) is 0 Å². The summed E-state index contributed by atoms with van der Waals surface area (Å²) in [5, 5.41) is 3.08. The second-order valence-electron chi connectivity index (χ2n) is 3.51. The Hall–Kier alpha value is -1.62. The van der Waals surface area contributed by atoms with Crippen LogP contribution in [0, 0.1) is 0 Å². The smallest absolute Gasteiger partial charge is 0.321 e. The molecule has 1 rings (SSSR count). The van der Waals surface area contributed by atoms with Crippen LogP contribution in [-0.2, 0) is 0 Å². The average molecular weight is 259 g/mol. The first-order valence-electron chi connectivity index (χ1n) is 4.89. The van der Waals surface area contributed by atoms with Crippen LogP contribution in [-0.4, -0.2) is 39.2 Å². The predicted molar refractivity (Wildman–Crippen MR) is 67.3 cm³/mol. The molecule has 0 aliphatic carbocycles. The first kappa shape index (κ1) is 13.4. The summed E-state index contributed by atoms with van der Waals surface area (Å²) in [6, 6.07) is 2.94. The average Bonchev–Trinajstić information content (AvgIpc) is 2.29. The molecule has 0 heterocycles. The summed E-state index contributed by atoms with van der Waals surface area (Å²) in [5.74, 6) is 0.979. The summed E-state index contributed by atoms with van der Waals surface area (Å²) in [7, 11) is 6.31. The Morgan fingerprint density at radius 2 is 1.82 bits per heavy atom. The zero-order valence-electron chi connectivity index (χ0n) is 10.2. The maximum atomic E-state index is 11.5. The zero-order valence-corrected chi connectivity index (χ0v) is 11.0. The number of anilines is 1. The second-order valence-corrected chi connectivity index (χ2v) is 3.92. The minimum absolute atomic E-state index is 0.260. The molecule has 0 aliphatic heterocycles. The third kappa shape index (κ3) is 3.17. The van der Waals surface area contributed by atoms with Gasteiger partial charge in [0.25, 0.3) is 0 Å². The van der Waals surface area contributed by atoms with Crippen LogP contribution in [0.25, 0.3) is 0 Å². The predicted octanol–water partition coefficient (Wildman–Crippen LogP) is 2.45. The SMILES string of the molecule is COc1cc(OC)c(NC(=O)N(C)C)cc1Cl. The number of hydrogen-bond donors (Lipinski definition) is 1. The minimum atomic E-state index is -0.260. The van der Waals surface area contributed by atoms with Crippen LogP contribution >= 0.6 is 11.6 Å². The zero-order chi connectivity index (χ0) is 13.0. The van der Waals surface area contributed by atoms with Crippen LogP contribution < -0.4 is 14.8 Å². The van der Waals surface area contributed by atoms with Gasteiger partial charge in [-0.2, -0.15) is 0 Å². The molecule has 0 aliphatic rings. The fraction of sp³-hybridized carbons (Fsp3) is 0.364. The quantitative estimate of drug-likeness (QED) is 0.906. The van der Waals surface area contributed by atoms with Gasteiger partial charge in [0.05, 0.1) is 24.9 Å². The van der Waals surface area contributed by atoms with Gasteiger partial charge in [0.1, 0.15) is 11.5 Å². The molecule has 5 nitrogen and oxygen atoms in total. The van der Waals surface area contributed by atoms with Gasteiger partial charge in [-0.1, -0.05) is 11.6 Å². The Labute approximate surface area is 105 Å². The number of amides is 2. The summed E-state index contributed by atoms with van der Waals surface area (Å²) in [6.45, 7) is 0. The largest absolute Gasteiger partial charge is 0.495 e. The molecule has 0 unspecified atom stereocenters. The summed E-state index contributed by atoms with van der Waals surface area (Å²) >= 11 is 5.98. The Kier molecular flexibility index (Phi) is 4.45. The molecule has 0 bridgehead atoms. The van der Waals surface area contributed by atoms with Crippen molar-refractivity contribution in [3.63, 3.8) is 0 Å². The maximum absolute atomic E-state index is 11.5. The van der Waals surface area contributed by atoms with Crippen molar-refractivity contribution in [2.75, 3.05) is 33.6 Å². The Bertz CT molecular complexity index is 421. The van der Waals surface area contributed by atoms with Crippen molar-refractivity contribution in [1.29, 1.82) is 0 Å². The second kappa shape index (κ2) is 5.63. The highest BCUT2D eigenvalue weighted by molar-refractivity contribution is 6.32. The van der Waals surface area contributed by atoms with Gasteiger partial charge >= 0.3 is 6.03 Å². The number of methoxy groups -OCH3 is 2. The summed E-state index contributed by atoms with van der Waals surface area (Å²) in [4.78, 5) is 12.9. The van der Waals surface area contributed by atoms with Crippen LogP contribution in [0.5, 0.6) is 11.5 Å². The van der Waals surface area contributed by atoms with Crippen molar-refractivity contribution < 1.29 is 14.3 Å². The van der Waals surface area contributed by atoms with Gasteiger partial charge in [0.2, 0.25) is 0 Å². The molecule has 1 aromatic carbocycles. The van der Waals surface area contributed by atoms with Gasteiger partial charge in [-0.05, 0) is 6.07 Å². The monoisotopic (exact) mass is 258 g/mol. The van der Waals surface area contributed by atoms with Crippen molar-refractivity contribution in [1.82, 2.24) is 4.90 Å². The molecule has 0 saturated carbocycles. The van der Waals surface area contributed by atoms with Gasteiger partial charge in [-0.3, -0.25) is 0 Å². The van der Waals surface area contributed by atoms with Crippen molar-refractivity contribution in [2.24, 2.45) is 0 Å². The minimum Gasteiger partial charge on any atom is -0.495 e. The number of urea groups is 1. The standard InChI is InChI=1S/C11H15ClN2O3/c1-14(2)11(15)13-8-5-7(12)9(16-3)6-10(8)17-4/h5-6H,1-4H3,(H,13,15). The number of benzene rings is 1. The molecule has 0 spiro atoms. The molecule has 1 aromatic rings. The van der Waals surface area contributed by atoms with Gasteiger partial charge in [-0.15, -0.1) is 0 Å². The van der Waals surface area contributed by atoms with E-state index in [-0.39, 0.29) is 6.03 Å². The molecule has 0 saturated heterocycles.